The minimum atomic E-state index is 0.795. The molecule has 0 aliphatic rings. The van der Waals surface area contributed by atoms with Crippen LogP contribution in [-0.2, 0) is 6.54 Å². The van der Waals surface area contributed by atoms with Crippen LogP contribution in [0, 0.1) is 13.8 Å². The highest BCUT2D eigenvalue weighted by atomic mass is 15.1. The van der Waals surface area contributed by atoms with Gasteiger partial charge in [0.2, 0.25) is 0 Å². The van der Waals surface area contributed by atoms with Gasteiger partial charge in [0.15, 0.2) is 0 Å². The molecule has 0 spiro atoms. The molecular formula is C18H21N3. The zero-order chi connectivity index (χ0) is 15.0. The molecule has 1 aromatic heterocycles. The van der Waals surface area contributed by atoms with Gasteiger partial charge in [-0.3, -0.25) is 0 Å². The van der Waals surface area contributed by atoms with Gasteiger partial charge in [-0.2, -0.15) is 0 Å². The molecule has 0 fully saturated rings. The minimum absolute atomic E-state index is 0.795. The predicted molar refractivity (Wildman–Crippen MR) is 89.3 cm³/mol. The van der Waals surface area contributed by atoms with Crippen LogP contribution in [0.5, 0.6) is 0 Å². The molecule has 108 valence electrons. The lowest BCUT2D eigenvalue weighted by atomic mass is 10.0. The summed E-state index contributed by atoms with van der Waals surface area (Å²) in [7, 11) is 0. The van der Waals surface area contributed by atoms with Crippen LogP contribution in [0.25, 0.3) is 22.4 Å². The molecule has 21 heavy (non-hydrogen) atoms. The Morgan fingerprint density at radius 3 is 2.67 bits per heavy atom. The standard InChI is InChI=1S/C18H21N3/c1-4-9-21-17-8-6-5-7-16(17)20-18(21)15-11-14(19)10-12(2)13(15)3/h5-8,10-11H,4,9,19H2,1-3H3. The smallest absolute Gasteiger partial charge is 0.141 e. The van der Waals surface area contributed by atoms with Crippen molar-refractivity contribution in [2.45, 2.75) is 33.7 Å². The van der Waals surface area contributed by atoms with Crippen LogP contribution < -0.4 is 5.73 Å². The van der Waals surface area contributed by atoms with Crippen LogP contribution in [0.4, 0.5) is 5.69 Å². The van der Waals surface area contributed by atoms with Gasteiger partial charge < -0.3 is 10.3 Å². The fourth-order valence-corrected chi connectivity index (χ4v) is 2.85. The number of imidazole rings is 1. The third-order valence-corrected chi connectivity index (χ3v) is 4.03. The fourth-order valence-electron chi connectivity index (χ4n) is 2.85. The molecule has 0 bridgehead atoms. The normalized spacial score (nSPS) is 11.2. The van der Waals surface area contributed by atoms with Crippen LogP contribution in [0.1, 0.15) is 24.5 Å². The lowest BCUT2D eigenvalue weighted by Gasteiger charge is -2.12. The molecule has 3 nitrogen and oxygen atoms in total. The van der Waals surface area contributed by atoms with Crippen molar-refractivity contribution < 1.29 is 0 Å². The van der Waals surface area contributed by atoms with Gasteiger partial charge in [-0.15, -0.1) is 0 Å². The summed E-state index contributed by atoms with van der Waals surface area (Å²) in [5.74, 6) is 1.02. The van der Waals surface area contributed by atoms with Crippen molar-refractivity contribution in [2.24, 2.45) is 0 Å². The molecule has 0 amide bonds. The lowest BCUT2D eigenvalue weighted by Crippen LogP contribution is -2.02. The predicted octanol–water partition coefficient (Wildman–Crippen LogP) is 4.31. The quantitative estimate of drug-likeness (QED) is 0.726. The van der Waals surface area contributed by atoms with Crippen LogP contribution in [0.3, 0.4) is 0 Å². The summed E-state index contributed by atoms with van der Waals surface area (Å²) < 4.78 is 2.30. The molecule has 2 N–H and O–H groups in total. The van der Waals surface area contributed by atoms with Crippen LogP contribution in [-0.4, -0.2) is 9.55 Å². The third kappa shape index (κ3) is 2.29. The molecule has 0 saturated carbocycles. The number of fused-ring (bicyclic) bond motifs is 1. The van der Waals surface area contributed by atoms with E-state index < -0.39 is 0 Å². The molecule has 3 heteroatoms. The first kappa shape index (κ1) is 13.7. The number of nitrogens with zero attached hydrogens (tertiary/aromatic N) is 2. The summed E-state index contributed by atoms with van der Waals surface area (Å²) in [4.78, 5) is 4.85. The zero-order valence-corrected chi connectivity index (χ0v) is 12.9. The molecule has 0 radical (unpaired) electrons. The number of hydrogen-bond acceptors (Lipinski definition) is 2. The third-order valence-electron chi connectivity index (χ3n) is 4.03. The number of nitrogens with two attached hydrogens (primary N) is 1. The SMILES string of the molecule is CCCn1c(-c2cc(N)cc(C)c2C)nc2ccccc21. The Balaban J connectivity index is 2.32. The number of aryl methyl sites for hydroxylation is 2. The highest BCUT2D eigenvalue weighted by Crippen LogP contribution is 2.30. The first-order valence-electron chi connectivity index (χ1n) is 7.44. The van der Waals surface area contributed by atoms with Gasteiger partial charge in [0.25, 0.3) is 0 Å². The molecule has 0 atom stereocenters. The average molecular weight is 279 g/mol. The van der Waals surface area contributed by atoms with Gasteiger partial charge in [-0.05, 0) is 55.7 Å². The van der Waals surface area contributed by atoms with E-state index in [1.54, 1.807) is 0 Å². The number of nitrogen functional groups attached to an aromatic ring is 1. The summed E-state index contributed by atoms with van der Waals surface area (Å²) in [5, 5.41) is 0. The Hall–Kier alpha value is -2.29. The van der Waals surface area contributed by atoms with E-state index in [4.69, 9.17) is 10.7 Å². The molecule has 1 heterocycles. The summed E-state index contributed by atoms with van der Waals surface area (Å²) >= 11 is 0. The maximum Gasteiger partial charge on any atom is 0.141 e. The molecule has 0 aliphatic heterocycles. The first-order valence-corrected chi connectivity index (χ1v) is 7.44. The Labute approximate surface area is 125 Å². The van der Waals surface area contributed by atoms with Crippen LogP contribution >= 0.6 is 0 Å². The van der Waals surface area contributed by atoms with E-state index in [1.807, 2.05) is 18.2 Å². The Bertz CT molecular complexity index is 800. The van der Waals surface area contributed by atoms with E-state index in [0.717, 1.165) is 35.6 Å². The second-order valence-electron chi connectivity index (χ2n) is 5.59. The maximum absolute atomic E-state index is 6.05. The van der Waals surface area contributed by atoms with E-state index >= 15 is 0 Å². The number of benzene rings is 2. The van der Waals surface area contributed by atoms with Gasteiger partial charge in [-0.25, -0.2) is 4.98 Å². The van der Waals surface area contributed by atoms with Gasteiger partial charge in [0, 0.05) is 17.8 Å². The zero-order valence-electron chi connectivity index (χ0n) is 12.9. The van der Waals surface area contributed by atoms with Crippen molar-refractivity contribution in [1.82, 2.24) is 9.55 Å². The number of para-hydroxylation sites is 2. The maximum atomic E-state index is 6.05. The Kier molecular flexibility index (Phi) is 3.42. The monoisotopic (exact) mass is 279 g/mol. The van der Waals surface area contributed by atoms with Gasteiger partial charge in [0.1, 0.15) is 5.82 Å². The van der Waals surface area contributed by atoms with E-state index in [2.05, 4.69) is 43.5 Å². The van der Waals surface area contributed by atoms with E-state index in [-0.39, 0.29) is 0 Å². The Morgan fingerprint density at radius 1 is 1.14 bits per heavy atom. The molecule has 2 aromatic carbocycles. The summed E-state index contributed by atoms with van der Waals surface area (Å²) in [6, 6.07) is 12.4. The second-order valence-corrected chi connectivity index (χ2v) is 5.59. The van der Waals surface area contributed by atoms with Gasteiger partial charge in [0.05, 0.1) is 11.0 Å². The molecule has 3 aromatic rings. The number of anilines is 1. The molecule has 0 unspecified atom stereocenters. The summed E-state index contributed by atoms with van der Waals surface area (Å²) in [6.07, 6.45) is 1.08. The number of aromatic nitrogens is 2. The first-order chi connectivity index (χ1) is 10.1. The average Bonchev–Trinajstić information content (AvgIpc) is 2.82. The van der Waals surface area contributed by atoms with Gasteiger partial charge >= 0.3 is 0 Å². The molecular weight excluding hydrogens is 258 g/mol. The highest BCUT2D eigenvalue weighted by molar-refractivity contribution is 5.82. The largest absolute Gasteiger partial charge is 0.399 e. The highest BCUT2D eigenvalue weighted by Gasteiger charge is 2.15. The number of hydrogen-bond donors (Lipinski definition) is 1. The van der Waals surface area contributed by atoms with Crippen molar-refractivity contribution in [3.63, 3.8) is 0 Å². The van der Waals surface area contributed by atoms with Crippen molar-refractivity contribution in [1.29, 1.82) is 0 Å². The minimum Gasteiger partial charge on any atom is -0.399 e. The van der Waals surface area contributed by atoms with E-state index in [9.17, 15) is 0 Å². The van der Waals surface area contributed by atoms with Gasteiger partial charge in [-0.1, -0.05) is 19.1 Å². The molecule has 0 saturated heterocycles. The molecule has 3 rings (SSSR count). The van der Waals surface area contributed by atoms with E-state index in [1.165, 1.54) is 16.6 Å². The van der Waals surface area contributed by atoms with Crippen LogP contribution in [0.2, 0.25) is 0 Å². The van der Waals surface area contributed by atoms with E-state index in [0.29, 0.717) is 0 Å². The van der Waals surface area contributed by atoms with Crippen molar-refractivity contribution in [3.05, 3.63) is 47.5 Å². The number of rotatable bonds is 3. The van der Waals surface area contributed by atoms with Crippen molar-refractivity contribution >= 4 is 16.7 Å². The van der Waals surface area contributed by atoms with Crippen molar-refractivity contribution in [3.8, 4) is 11.4 Å². The van der Waals surface area contributed by atoms with Crippen molar-refractivity contribution in [2.75, 3.05) is 5.73 Å². The molecule has 0 aliphatic carbocycles. The van der Waals surface area contributed by atoms with Crippen LogP contribution in [0.15, 0.2) is 36.4 Å². The topological polar surface area (TPSA) is 43.8 Å². The Morgan fingerprint density at radius 2 is 1.90 bits per heavy atom. The second kappa shape index (κ2) is 5.24. The lowest BCUT2D eigenvalue weighted by molar-refractivity contribution is 0.704. The summed E-state index contributed by atoms with van der Waals surface area (Å²) in [5.41, 5.74) is 12.7. The fraction of sp³-hybridized carbons (Fsp3) is 0.278. The summed E-state index contributed by atoms with van der Waals surface area (Å²) in [6.45, 7) is 7.39.